The van der Waals surface area contributed by atoms with E-state index in [9.17, 15) is 4.79 Å². The van der Waals surface area contributed by atoms with E-state index in [0.717, 1.165) is 35.8 Å². The van der Waals surface area contributed by atoms with Gasteiger partial charge in [-0.2, -0.15) is 0 Å². The number of rotatable bonds is 6. The van der Waals surface area contributed by atoms with Gasteiger partial charge in [0.25, 0.3) is 0 Å². The van der Waals surface area contributed by atoms with Gasteiger partial charge in [0.05, 0.1) is 5.92 Å². The zero-order valence-corrected chi connectivity index (χ0v) is 16.3. The van der Waals surface area contributed by atoms with Gasteiger partial charge < -0.3 is 5.11 Å². The Labute approximate surface area is 162 Å². The van der Waals surface area contributed by atoms with Gasteiger partial charge in [0, 0.05) is 23.7 Å². The molecule has 3 heteroatoms. The molecule has 3 nitrogen and oxygen atoms in total. The minimum Gasteiger partial charge on any atom is -0.481 e. The highest BCUT2D eigenvalue weighted by atomic mass is 16.4. The number of benzene rings is 2. The van der Waals surface area contributed by atoms with Crippen LogP contribution in [0.3, 0.4) is 0 Å². The van der Waals surface area contributed by atoms with Gasteiger partial charge in [-0.15, -0.1) is 0 Å². The third-order valence-corrected chi connectivity index (χ3v) is 5.32. The van der Waals surface area contributed by atoms with Crippen molar-refractivity contribution < 1.29 is 9.90 Å². The summed E-state index contributed by atoms with van der Waals surface area (Å²) in [7, 11) is 0. The van der Waals surface area contributed by atoms with Gasteiger partial charge in [0.1, 0.15) is 0 Å². The number of hydrogen-bond donors (Lipinski definition) is 1. The molecule has 0 aliphatic heterocycles. The lowest BCUT2D eigenvalue weighted by molar-refractivity contribution is -0.138. The average Bonchev–Trinajstić information content (AvgIpc) is 3.50. The van der Waals surface area contributed by atoms with Crippen molar-refractivity contribution in [3.05, 3.63) is 70.3 Å². The lowest BCUT2D eigenvalue weighted by atomic mass is 10.00. The zero-order chi connectivity index (χ0) is 19.4. The molecule has 2 aromatic carbocycles. The summed E-state index contributed by atoms with van der Waals surface area (Å²) < 4.78 is 0. The van der Waals surface area contributed by atoms with Gasteiger partial charge in [-0.3, -0.25) is 9.69 Å². The largest absolute Gasteiger partial charge is 0.481 e. The molecule has 1 aliphatic carbocycles. The van der Waals surface area contributed by atoms with E-state index >= 15 is 0 Å². The Morgan fingerprint density at radius 2 is 1.78 bits per heavy atom. The van der Waals surface area contributed by atoms with Crippen molar-refractivity contribution in [2.75, 3.05) is 6.54 Å². The van der Waals surface area contributed by atoms with Crippen molar-refractivity contribution >= 4 is 5.97 Å². The molecule has 1 saturated carbocycles. The molecule has 0 bridgehead atoms. The van der Waals surface area contributed by atoms with Gasteiger partial charge >= 0.3 is 5.97 Å². The number of carbonyl (C=O) groups is 1. The Kier molecular flexibility index (Phi) is 5.98. The third kappa shape index (κ3) is 4.99. The van der Waals surface area contributed by atoms with Crippen molar-refractivity contribution in [1.29, 1.82) is 0 Å². The van der Waals surface area contributed by atoms with Crippen LogP contribution in [0.25, 0.3) is 0 Å². The zero-order valence-electron chi connectivity index (χ0n) is 16.3. The molecular weight excluding hydrogens is 334 g/mol. The van der Waals surface area contributed by atoms with Crippen molar-refractivity contribution in [2.24, 2.45) is 0 Å². The Morgan fingerprint density at radius 1 is 1.15 bits per heavy atom. The molecule has 1 unspecified atom stereocenters. The van der Waals surface area contributed by atoms with E-state index in [1.54, 1.807) is 6.92 Å². The fourth-order valence-corrected chi connectivity index (χ4v) is 3.25. The predicted octanol–water partition coefficient (Wildman–Crippen LogP) is 4.57. The molecule has 3 rings (SSSR count). The van der Waals surface area contributed by atoms with Crippen LogP contribution in [0.4, 0.5) is 0 Å². The summed E-state index contributed by atoms with van der Waals surface area (Å²) in [5.41, 5.74) is 5.36. The summed E-state index contributed by atoms with van der Waals surface area (Å²) in [6, 6.07) is 14.7. The van der Waals surface area contributed by atoms with Crippen LogP contribution >= 0.6 is 0 Å². The van der Waals surface area contributed by atoms with Crippen LogP contribution in [0.5, 0.6) is 0 Å². The van der Waals surface area contributed by atoms with Gasteiger partial charge in [0.2, 0.25) is 0 Å². The number of hydrogen-bond acceptors (Lipinski definition) is 2. The molecule has 0 amide bonds. The summed E-state index contributed by atoms with van der Waals surface area (Å²) in [5, 5.41) is 9.08. The number of carboxylic acid groups (broad SMARTS) is 1. The lowest BCUT2D eigenvalue weighted by Gasteiger charge is -2.21. The van der Waals surface area contributed by atoms with E-state index in [0.29, 0.717) is 0 Å². The van der Waals surface area contributed by atoms with E-state index in [1.807, 2.05) is 24.3 Å². The normalized spacial score (nSPS) is 14.5. The van der Waals surface area contributed by atoms with Crippen LogP contribution in [0.15, 0.2) is 42.5 Å². The molecule has 27 heavy (non-hydrogen) atoms. The van der Waals surface area contributed by atoms with Gasteiger partial charge in [0.15, 0.2) is 0 Å². The molecule has 1 fully saturated rings. The standard InChI is InChI=1S/C24H27NO2/c1-4-25(23-13-14-23)16-22-12-9-20(15-17(22)2)6-5-19-7-10-21(11-8-19)18(3)24(26)27/h7-12,15,18,23H,4,13-14,16H2,1-3H3,(H,26,27). The summed E-state index contributed by atoms with van der Waals surface area (Å²) >= 11 is 0. The van der Waals surface area contributed by atoms with Crippen molar-refractivity contribution in [3.63, 3.8) is 0 Å². The first kappa shape index (κ1) is 19.2. The van der Waals surface area contributed by atoms with Crippen molar-refractivity contribution in [3.8, 4) is 11.8 Å². The second-order valence-electron chi connectivity index (χ2n) is 7.37. The van der Waals surface area contributed by atoms with E-state index in [2.05, 4.69) is 48.8 Å². The lowest BCUT2D eigenvalue weighted by Crippen LogP contribution is -2.25. The highest BCUT2D eigenvalue weighted by Crippen LogP contribution is 2.28. The Hall–Kier alpha value is -2.57. The summed E-state index contributed by atoms with van der Waals surface area (Å²) in [4.78, 5) is 13.6. The topological polar surface area (TPSA) is 40.5 Å². The quantitative estimate of drug-likeness (QED) is 0.767. The monoisotopic (exact) mass is 361 g/mol. The number of aryl methyl sites for hydroxylation is 1. The maximum Gasteiger partial charge on any atom is 0.310 e. The molecule has 140 valence electrons. The van der Waals surface area contributed by atoms with E-state index < -0.39 is 11.9 Å². The predicted molar refractivity (Wildman–Crippen MR) is 109 cm³/mol. The summed E-state index contributed by atoms with van der Waals surface area (Å²) in [6.07, 6.45) is 2.67. The number of nitrogens with zero attached hydrogens (tertiary/aromatic N) is 1. The molecule has 1 N–H and O–H groups in total. The number of aliphatic carboxylic acids is 1. The van der Waals surface area contributed by atoms with Crippen LogP contribution in [0, 0.1) is 18.8 Å². The summed E-state index contributed by atoms with van der Waals surface area (Å²) in [6.45, 7) is 8.20. The highest BCUT2D eigenvalue weighted by molar-refractivity contribution is 5.75. The maximum absolute atomic E-state index is 11.1. The second-order valence-corrected chi connectivity index (χ2v) is 7.37. The fraction of sp³-hybridized carbons (Fsp3) is 0.375. The van der Waals surface area contributed by atoms with Crippen LogP contribution < -0.4 is 0 Å². The van der Waals surface area contributed by atoms with Crippen LogP contribution in [-0.4, -0.2) is 28.6 Å². The first-order valence-electron chi connectivity index (χ1n) is 9.66. The minimum absolute atomic E-state index is 0.500. The fourth-order valence-electron chi connectivity index (χ4n) is 3.25. The Bertz CT molecular complexity index is 869. The molecule has 0 heterocycles. The first-order valence-corrected chi connectivity index (χ1v) is 9.66. The van der Waals surface area contributed by atoms with Crippen molar-refractivity contribution in [1.82, 2.24) is 4.90 Å². The molecule has 1 aliphatic rings. The van der Waals surface area contributed by atoms with Gasteiger partial charge in [-0.25, -0.2) is 0 Å². The molecule has 0 spiro atoms. The molecule has 0 saturated heterocycles. The molecule has 0 aromatic heterocycles. The van der Waals surface area contributed by atoms with Crippen molar-refractivity contribution in [2.45, 2.75) is 52.1 Å². The molecule has 0 radical (unpaired) electrons. The van der Waals surface area contributed by atoms with E-state index in [4.69, 9.17) is 5.11 Å². The first-order chi connectivity index (χ1) is 13.0. The molecule has 2 aromatic rings. The Balaban J connectivity index is 1.69. The third-order valence-electron chi connectivity index (χ3n) is 5.32. The van der Waals surface area contributed by atoms with Crippen LogP contribution in [-0.2, 0) is 11.3 Å². The van der Waals surface area contributed by atoms with E-state index in [-0.39, 0.29) is 0 Å². The minimum atomic E-state index is -0.812. The molecule has 1 atom stereocenters. The highest BCUT2D eigenvalue weighted by Gasteiger charge is 2.27. The summed E-state index contributed by atoms with van der Waals surface area (Å²) in [5.74, 6) is 5.09. The smallest absolute Gasteiger partial charge is 0.310 e. The van der Waals surface area contributed by atoms with Crippen LogP contribution in [0.1, 0.15) is 60.4 Å². The number of carboxylic acids is 1. The van der Waals surface area contributed by atoms with Gasteiger partial charge in [-0.1, -0.05) is 37.0 Å². The Morgan fingerprint density at radius 3 is 2.33 bits per heavy atom. The van der Waals surface area contributed by atoms with E-state index in [1.165, 1.54) is 24.0 Å². The molecular formula is C24H27NO2. The average molecular weight is 361 g/mol. The van der Waals surface area contributed by atoms with Crippen LogP contribution in [0.2, 0.25) is 0 Å². The SMILES string of the molecule is CCN(Cc1ccc(C#Cc2ccc(C(C)C(=O)O)cc2)cc1C)C1CC1. The van der Waals surface area contributed by atoms with Gasteiger partial charge in [-0.05, 0) is 74.2 Å². The second kappa shape index (κ2) is 8.41. The maximum atomic E-state index is 11.1.